The Bertz CT molecular complexity index is 277. The van der Waals surface area contributed by atoms with Crippen LogP contribution in [0.25, 0.3) is 0 Å². The smallest absolute Gasteiger partial charge is 0.391 e. The number of alkyl halides is 3. The lowest BCUT2D eigenvalue weighted by atomic mass is 10.1. The lowest BCUT2D eigenvalue weighted by molar-refractivity contribution is -0.0604. The minimum Gasteiger partial charge on any atom is -0.391 e. The van der Waals surface area contributed by atoms with Crippen LogP contribution in [0, 0.1) is 0 Å². The predicted molar refractivity (Wildman–Crippen MR) is 60.5 cm³/mol. The molecule has 1 aliphatic heterocycles. The van der Waals surface area contributed by atoms with Crippen molar-refractivity contribution in [2.24, 2.45) is 5.16 Å². The van der Waals surface area contributed by atoms with E-state index >= 15 is 0 Å². The van der Waals surface area contributed by atoms with E-state index in [0.717, 1.165) is 12.8 Å². The van der Waals surface area contributed by atoms with Gasteiger partial charge in [0.15, 0.2) is 5.71 Å². The van der Waals surface area contributed by atoms with Crippen LogP contribution in [0.15, 0.2) is 5.16 Å². The van der Waals surface area contributed by atoms with Crippen molar-refractivity contribution in [3.63, 3.8) is 0 Å². The van der Waals surface area contributed by atoms with E-state index in [0.29, 0.717) is 12.6 Å². The Morgan fingerprint density at radius 2 is 1.94 bits per heavy atom. The zero-order chi connectivity index (χ0) is 11.6. The summed E-state index contributed by atoms with van der Waals surface area (Å²) in [6, 6.07) is 0.443. The second-order valence-corrected chi connectivity index (χ2v) is 4.36. The SMILES string of the molecule is Cl.FC(F)(F)C1=NOC(CNC2CCCC2)C1. The molecule has 1 N–H and O–H groups in total. The lowest BCUT2D eigenvalue weighted by Gasteiger charge is -2.14. The van der Waals surface area contributed by atoms with Crippen molar-refractivity contribution in [3.8, 4) is 0 Å². The van der Waals surface area contributed by atoms with Gasteiger partial charge >= 0.3 is 6.18 Å². The molecule has 0 saturated heterocycles. The molecule has 100 valence electrons. The van der Waals surface area contributed by atoms with Gasteiger partial charge in [-0.3, -0.25) is 0 Å². The summed E-state index contributed by atoms with van der Waals surface area (Å²) in [5.41, 5.74) is -0.800. The molecule has 1 heterocycles. The molecule has 1 fully saturated rings. The summed E-state index contributed by atoms with van der Waals surface area (Å²) in [6.07, 6.45) is -0.316. The fourth-order valence-electron chi connectivity index (χ4n) is 2.13. The van der Waals surface area contributed by atoms with Gasteiger partial charge in [-0.1, -0.05) is 18.0 Å². The van der Waals surface area contributed by atoms with Crippen LogP contribution in [0.1, 0.15) is 32.1 Å². The van der Waals surface area contributed by atoms with E-state index in [1.54, 1.807) is 0 Å². The second-order valence-electron chi connectivity index (χ2n) is 4.36. The number of nitrogens with one attached hydrogen (secondary N) is 1. The first-order valence-electron chi connectivity index (χ1n) is 5.59. The van der Waals surface area contributed by atoms with Gasteiger partial charge < -0.3 is 10.2 Å². The highest BCUT2D eigenvalue weighted by Crippen LogP contribution is 2.25. The van der Waals surface area contributed by atoms with Crippen LogP contribution in [0.2, 0.25) is 0 Å². The van der Waals surface area contributed by atoms with Crippen molar-refractivity contribution >= 4 is 18.1 Å². The monoisotopic (exact) mass is 272 g/mol. The molecule has 3 nitrogen and oxygen atoms in total. The van der Waals surface area contributed by atoms with E-state index in [9.17, 15) is 13.2 Å². The zero-order valence-corrected chi connectivity index (χ0v) is 10.1. The van der Waals surface area contributed by atoms with Crippen LogP contribution in [0.5, 0.6) is 0 Å². The van der Waals surface area contributed by atoms with Crippen molar-refractivity contribution in [2.45, 2.75) is 50.4 Å². The molecule has 1 unspecified atom stereocenters. The van der Waals surface area contributed by atoms with Gasteiger partial charge in [0.2, 0.25) is 0 Å². The summed E-state index contributed by atoms with van der Waals surface area (Å²) < 4.78 is 36.7. The first kappa shape index (κ1) is 14.6. The molecule has 0 aromatic heterocycles. The van der Waals surface area contributed by atoms with Crippen LogP contribution in [-0.2, 0) is 4.84 Å². The van der Waals surface area contributed by atoms with Gasteiger partial charge in [-0.15, -0.1) is 12.4 Å². The Kier molecular flexibility index (Phi) is 5.06. The van der Waals surface area contributed by atoms with E-state index in [-0.39, 0.29) is 18.8 Å². The summed E-state index contributed by atoms with van der Waals surface area (Å²) in [5, 5.41) is 6.32. The summed E-state index contributed by atoms with van der Waals surface area (Å²) in [6.45, 7) is 0.452. The maximum atomic E-state index is 12.2. The average Bonchev–Trinajstić information content (AvgIpc) is 2.85. The molecule has 1 atom stereocenters. The van der Waals surface area contributed by atoms with Gasteiger partial charge in [-0.25, -0.2) is 0 Å². The topological polar surface area (TPSA) is 33.6 Å². The number of hydrogen-bond donors (Lipinski definition) is 1. The number of halogens is 4. The molecule has 0 aromatic carbocycles. The van der Waals surface area contributed by atoms with Crippen molar-refractivity contribution in [1.82, 2.24) is 5.32 Å². The van der Waals surface area contributed by atoms with Crippen LogP contribution in [0.4, 0.5) is 13.2 Å². The summed E-state index contributed by atoms with van der Waals surface area (Å²) in [4.78, 5) is 4.76. The minimum atomic E-state index is -4.35. The molecule has 1 aliphatic carbocycles. The third-order valence-electron chi connectivity index (χ3n) is 3.05. The van der Waals surface area contributed by atoms with E-state index < -0.39 is 18.0 Å². The van der Waals surface area contributed by atoms with Gasteiger partial charge in [0.1, 0.15) is 6.10 Å². The maximum absolute atomic E-state index is 12.2. The summed E-state index contributed by atoms with van der Waals surface area (Å²) >= 11 is 0. The number of hydrogen-bond acceptors (Lipinski definition) is 3. The number of rotatable bonds is 3. The molecule has 1 saturated carbocycles. The Hall–Kier alpha value is -0.490. The first-order chi connectivity index (χ1) is 7.55. The molecule has 17 heavy (non-hydrogen) atoms. The third-order valence-corrected chi connectivity index (χ3v) is 3.05. The predicted octanol–water partition coefficient (Wildman–Crippen LogP) is 2.65. The molecule has 0 radical (unpaired) electrons. The quantitative estimate of drug-likeness (QED) is 0.857. The molecule has 7 heteroatoms. The zero-order valence-electron chi connectivity index (χ0n) is 9.29. The van der Waals surface area contributed by atoms with E-state index in [2.05, 4.69) is 10.5 Å². The van der Waals surface area contributed by atoms with Crippen LogP contribution >= 0.6 is 12.4 Å². The molecule has 2 aliphatic rings. The Morgan fingerprint density at radius 1 is 1.29 bits per heavy atom. The standard InChI is InChI=1S/C10H15F3N2O.ClH/c11-10(12,13)9-5-8(16-15-9)6-14-7-3-1-2-4-7;/h7-8,14H,1-6H2;1H. The number of nitrogens with zero attached hydrogens (tertiary/aromatic N) is 1. The molecular formula is C10H16ClF3N2O. The average molecular weight is 273 g/mol. The van der Waals surface area contributed by atoms with Gasteiger partial charge in [0, 0.05) is 19.0 Å². The van der Waals surface area contributed by atoms with Crippen molar-refractivity contribution in [2.75, 3.05) is 6.54 Å². The Labute approximate surface area is 104 Å². The highest BCUT2D eigenvalue weighted by Gasteiger charge is 2.41. The van der Waals surface area contributed by atoms with Crippen LogP contribution in [0.3, 0.4) is 0 Å². The molecule has 0 amide bonds. The summed E-state index contributed by atoms with van der Waals surface area (Å²) in [7, 11) is 0. The van der Waals surface area contributed by atoms with Crippen molar-refractivity contribution in [1.29, 1.82) is 0 Å². The second kappa shape index (κ2) is 5.91. The van der Waals surface area contributed by atoms with Crippen LogP contribution in [-0.4, -0.2) is 30.6 Å². The Balaban J connectivity index is 0.00000144. The Morgan fingerprint density at radius 3 is 2.47 bits per heavy atom. The summed E-state index contributed by atoms with van der Waals surface area (Å²) in [5.74, 6) is 0. The number of oxime groups is 1. The van der Waals surface area contributed by atoms with Gasteiger partial charge in [-0.05, 0) is 12.8 Å². The fraction of sp³-hybridized carbons (Fsp3) is 0.900. The van der Waals surface area contributed by atoms with E-state index in [4.69, 9.17) is 4.84 Å². The molecule has 0 bridgehead atoms. The normalized spacial score (nSPS) is 25.4. The third kappa shape index (κ3) is 4.03. The fourth-order valence-corrected chi connectivity index (χ4v) is 2.13. The molecular weight excluding hydrogens is 257 g/mol. The van der Waals surface area contributed by atoms with Gasteiger partial charge in [0.25, 0.3) is 0 Å². The minimum absolute atomic E-state index is 0. The highest BCUT2D eigenvalue weighted by molar-refractivity contribution is 5.90. The first-order valence-corrected chi connectivity index (χ1v) is 5.59. The maximum Gasteiger partial charge on any atom is 0.432 e. The molecule has 0 spiro atoms. The van der Waals surface area contributed by atoms with E-state index in [1.165, 1.54) is 12.8 Å². The van der Waals surface area contributed by atoms with E-state index in [1.807, 2.05) is 0 Å². The van der Waals surface area contributed by atoms with Crippen LogP contribution < -0.4 is 5.32 Å². The largest absolute Gasteiger partial charge is 0.432 e. The van der Waals surface area contributed by atoms with Crippen molar-refractivity contribution in [3.05, 3.63) is 0 Å². The van der Waals surface area contributed by atoms with Gasteiger partial charge in [0.05, 0.1) is 0 Å². The highest BCUT2D eigenvalue weighted by atomic mass is 35.5. The lowest BCUT2D eigenvalue weighted by Crippen LogP contribution is -2.34. The molecule has 0 aromatic rings. The molecule has 2 rings (SSSR count). The van der Waals surface area contributed by atoms with Gasteiger partial charge in [-0.2, -0.15) is 13.2 Å². The van der Waals surface area contributed by atoms with Crippen molar-refractivity contribution < 1.29 is 18.0 Å².